The number of nitrogens with zero attached hydrogens (tertiary/aromatic N) is 1. The largest absolute Gasteiger partial charge is 0.504 e. The fourth-order valence-electron chi connectivity index (χ4n) is 1.44. The van der Waals surface area contributed by atoms with Crippen LogP contribution in [0.15, 0.2) is 18.3 Å². The number of aromatic amines is 1. The van der Waals surface area contributed by atoms with E-state index in [2.05, 4.69) is 10.2 Å². The first-order chi connectivity index (χ1) is 7.09. The first-order valence-corrected chi connectivity index (χ1v) is 4.41. The van der Waals surface area contributed by atoms with Crippen molar-refractivity contribution in [3.05, 3.63) is 23.9 Å². The number of rotatable bonds is 1. The van der Waals surface area contributed by atoms with Gasteiger partial charge in [-0.25, -0.2) is 0 Å². The Kier molecular flexibility index (Phi) is 2.00. The van der Waals surface area contributed by atoms with Crippen molar-refractivity contribution in [1.82, 2.24) is 10.2 Å². The second-order valence-electron chi connectivity index (χ2n) is 3.36. The van der Waals surface area contributed by atoms with Crippen molar-refractivity contribution in [2.24, 2.45) is 0 Å². The molecule has 15 heavy (non-hydrogen) atoms. The van der Waals surface area contributed by atoms with Gasteiger partial charge in [-0.3, -0.25) is 5.10 Å². The Labute approximate surface area is 86.2 Å². The molecule has 1 aromatic heterocycles. The summed E-state index contributed by atoms with van der Waals surface area (Å²) >= 11 is 0. The van der Waals surface area contributed by atoms with Crippen LogP contribution in [0.1, 0.15) is 5.56 Å². The molecule has 78 valence electrons. The molecule has 1 aromatic carbocycles. The van der Waals surface area contributed by atoms with E-state index in [4.69, 9.17) is 5.73 Å². The van der Waals surface area contributed by atoms with Crippen molar-refractivity contribution in [3.63, 3.8) is 0 Å². The highest BCUT2D eigenvalue weighted by Gasteiger charge is 2.10. The summed E-state index contributed by atoms with van der Waals surface area (Å²) in [6, 6.07) is 3.18. The van der Waals surface area contributed by atoms with Gasteiger partial charge in [0, 0.05) is 5.56 Å². The zero-order chi connectivity index (χ0) is 11.0. The van der Waals surface area contributed by atoms with Crippen LogP contribution in [0.25, 0.3) is 11.1 Å². The highest BCUT2D eigenvalue weighted by atomic mass is 16.3. The normalized spacial score (nSPS) is 10.5. The molecule has 0 saturated carbocycles. The molecule has 5 nitrogen and oxygen atoms in total. The van der Waals surface area contributed by atoms with Crippen molar-refractivity contribution in [1.29, 1.82) is 0 Å². The smallest absolute Gasteiger partial charge is 0.160 e. The molecule has 0 atom stereocenters. The van der Waals surface area contributed by atoms with Gasteiger partial charge in [0.25, 0.3) is 0 Å². The molecule has 0 amide bonds. The van der Waals surface area contributed by atoms with Crippen molar-refractivity contribution >= 4 is 5.82 Å². The van der Waals surface area contributed by atoms with Crippen molar-refractivity contribution in [3.8, 4) is 22.6 Å². The molecule has 2 aromatic rings. The summed E-state index contributed by atoms with van der Waals surface area (Å²) < 4.78 is 0. The fraction of sp³-hybridized carbons (Fsp3) is 0.100. The van der Waals surface area contributed by atoms with E-state index in [1.54, 1.807) is 19.2 Å². The van der Waals surface area contributed by atoms with Crippen LogP contribution in [0.5, 0.6) is 11.5 Å². The third-order valence-electron chi connectivity index (χ3n) is 2.26. The average molecular weight is 205 g/mol. The Bertz CT molecular complexity index is 482. The van der Waals surface area contributed by atoms with Crippen molar-refractivity contribution in [2.45, 2.75) is 6.92 Å². The van der Waals surface area contributed by atoms with Crippen LogP contribution in [0.4, 0.5) is 5.82 Å². The lowest BCUT2D eigenvalue weighted by molar-refractivity contribution is 0.401. The molecule has 0 unspecified atom stereocenters. The van der Waals surface area contributed by atoms with E-state index in [0.29, 0.717) is 22.5 Å². The van der Waals surface area contributed by atoms with E-state index in [0.717, 1.165) is 0 Å². The Morgan fingerprint density at radius 1 is 1.33 bits per heavy atom. The van der Waals surface area contributed by atoms with E-state index in [9.17, 15) is 10.2 Å². The van der Waals surface area contributed by atoms with Gasteiger partial charge in [0.2, 0.25) is 0 Å². The number of aromatic nitrogens is 2. The lowest BCUT2D eigenvalue weighted by Crippen LogP contribution is -1.88. The number of nitrogens with one attached hydrogen (secondary N) is 1. The van der Waals surface area contributed by atoms with Crippen LogP contribution in [0, 0.1) is 6.92 Å². The molecule has 0 fully saturated rings. The molecule has 5 heteroatoms. The van der Waals surface area contributed by atoms with E-state index < -0.39 is 0 Å². The molecule has 0 aliphatic rings. The minimum atomic E-state index is -0.161. The maximum Gasteiger partial charge on any atom is 0.160 e. The number of phenols is 2. The number of anilines is 1. The van der Waals surface area contributed by atoms with E-state index in [1.807, 2.05) is 0 Å². The fourth-order valence-corrected chi connectivity index (χ4v) is 1.44. The highest BCUT2D eigenvalue weighted by Crippen LogP contribution is 2.35. The Morgan fingerprint density at radius 2 is 2.07 bits per heavy atom. The number of hydrogen-bond donors (Lipinski definition) is 4. The minimum absolute atomic E-state index is 0.110. The van der Waals surface area contributed by atoms with Gasteiger partial charge in [0.1, 0.15) is 5.82 Å². The van der Waals surface area contributed by atoms with Gasteiger partial charge < -0.3 is 15.9 Å². The Morgan fingerprint density at radius 3 is 2.60 bits per heavy atom. The zero-order valence-electron chi connectivity index (χ0n) is 8.15. The second kappa shape index (κ2) is 3.20. The van der Waals surface area contributed by atoms with Gasteiger partial charge in [0.15, 0.2) is 11.5 Å². The number of aryl methyl sites for hydroxylation is 1. The molecule has 0 saturated heterocycles. The number of H-pyrrole nitrogens is 1. The van der Waals surface area contributed by atoms with Crippen LogP contribution >= 0.6 is 0 Å². The SMILES string of the molecule is Cc1cc(-c2cn[nH]c2N)cc(O)c1O. The van der Waals surface area contributed by atoms with Crippen LogP contribution in [-0.2, 0) is 0 Å². The molecule has 0 spiro atoms. The summed E-state index contributed by atoms with van der Waals surface area (Å²) in [7, 11) is 0. The maximum atomic E-state index is 9.45. The number of hydrogen-bond acceptors (Lipinski definition) is 4. The number of benzene rings is 1. The summed E-state index contributed by atoms with van der Waals surface area (Å²) in [5.74, 6) is 0.158. The van der Waals surface area contributed by atoms with E-state index in [-0.39, 0.29) is 11.5 Å². The number of phenolic OH excluding ortho intramolecular Hbond substituents is 2. The summed E-state index contributed by atoms with van der Waals surface area (Å²) in [6.07, 6.45) is 1.57. The van der Waals surface area contributed by atoms with Crippen LogP contribution < -0.4 is 5.73 Å². The first-order valence-electron chi connectivity index (χ1n) is 4.41. The highest BCUT2D eigenvalue weighted by molar-refractivity contribution is 5.75. The molecular formula is C10H11N3O2. The lowest BCUT2D eigenvalue weighted by atomic mass is 10.0. The van der Waals surface area contributed by atoms with Gasteiger partial charge in [-0.1, -0.05) is 0 Å². The lowest BCUT2D eigenvalue weighted by Gasteiger charge is -2.05. The molecule has 1 heterocycles. The summed E-state index contributed by atoms with van der Waals surface area (Å²) in [5, 5.41) is 25.2. The first kappa shape index (κ1) is 9.39. The van der Waals surface area contributed by atoms with Gasteiger partial charge in [-0.05, 0) is 30.2 Å². The van der Waals surface area contributed by atoms with Crippen molar-refractivity contribution in [2.75, 3.05) is 5.73 Å². The molecular weight excluding hydrogens is 194 g/mol. The number of nitrogens with two attached hydrogens (primary N) is 1. The maximum absolute atomic E-state index is 9.45. The quantitative estimate of drug-likeness (QED) is 0.529. The van der Waals surface area contributed by atoms with E-state index >= 15 is 0 Å². The van der Waals surface area contributed by atoms with Gasteiger partial charge in [0.05, 0.1) is 6.20 Å². The van der Waals surface area contributed by atoms with E-state index in [1.165, 1.54) is 6.07 Å². The average Bonchev–Trinajstić information content (AvgIpc) is 2.60. The molecule has 0 aliphatic carbocycles. The second-order valence-corrected chi connectivity index (χ2v) is 3.36. The third-order valence-corrected chi connectivity index (χ3v) is 2.26. The van der Waals surface area contributed by atoms with Gasteiger partial charge in [-0.2, -0.15) is 5.10 Å². The molecule has 5 N–H and O–H groups in total. The van der Waals surface area contributed by atoms with Crippen molar-refractivity contribution < 1.29 is 10.2 Å². The summed E-state index contributed by atoms with van der Waals surface area (Å²) in [4.78, 5) is 0. The molecule has 0 radical (unpaired) electrons. The predicted molar refractivity (Wildman–Crippen MR) is 56.5 cm³/mol. The van der Waals surface area contributed by atoms with Gasteiger partial charge >= 0.3 is 0 Å². The summed E-state index contributed by atoms with van der Waals surface area (Å²) in [6.45, 7) is 1.70. The monoisotopic (exact) mass is 205 g/mol. The molecule has 2 rings (SSSR count). The Balaban J connectivity index is 2.60. The predicted octanol–water partition coefficient (Wildman–Crippen LogP) is 1.38. The Hall–Kier alpha value is -2.17. The minimum Gasteiger partial charge on any atom is -0.504 e. The standard InChI is InChI=1S/C10H11N3O2/c1-5-2-6(3-8(14)9(5)15)7-4-12-13-10(7)11/h2-4,14-15H,1H3,(H3,11,12,13). The van der Waals surface area contributed by atoms with Gasteiger partial charge in [-0.15, -0.1) is 0 Å². The topological polar surface area (TPSA) is 95.2 Å². The van der Waals surface area contributed by atoms with Crippen LogP contribution in [-0.4, -0.2) is 20.4 Å². The van der Waals surface area contributed by atoms with Crippen LogP contribution in [0.2, 0.25) is 0 Å². The van der Waals surface area contributed by atoms with Crippen LogP contribution in [0.3, 0.4) is 0 Å². The summed E-state index contributed by atoms with van der Waals surface area (Å²) in [5.41, 5.74) is 7.66. The molecule has 0 aliphatic heterocycles. The number of nitrogen functional groups attached to an aromatic ring is 1. The third kappa shape index (κ3) is 1.48. The zero-order valence-corrected chi connectivity index (χ0v) is 8.15. The number of aromatic hydroxyl groups is 2. The molecule has 0 bridgehead atoms.